The molecule has 1 heterocycles. The third kappa shape index (κ3) is 3.31. The molecule has 18 heavy (non-hydrogen) atoms. The third-order valence-electron chi connectivity index (χ3n) is 2.79. The van der Waals surface area contributed by atoms with E-state index in [4.69, 9.17) is 0 Å². The second-order valence-electron chi connectivity index (χ2n) is 4.33. The smallest absolute Gasteiger partial charge is 0.126 e. The number of nitrogens with one attached hydrogen (secondary N) is 2. The average molecular weight is 241 g/mol. The molecule has 0 saturated heterocycles. The molecule has 1 aromatic heterocycles. The number of benzene rings is 1. The van der Waals surface area contributed by atoms with Crippen molar-refractivity contribution in [2.24, 2.45) is 0 Å². The Morgan fingerprint density at radius 1 is 1.06 bits per heavy atom. The van der Waals surface area contributed by atoms with Crippen LogP contribution >= 0.6 is 0 Å². The van der Waals surface area contributed by atoms with E-state index in [2.05, 4.69) is 52.9 Å². The first kappa shape index (κ1) is 12.6. The second-order valence-corrected chi connectivity index (χ2v) is 4.33. The fourth-order valence-electron chi connectivity index (χ4n) is 1.85. The first-order valence-electron chi connectivity index (χ1n) is 6.21. The molecule has 0 spiro atoms. The quantitative estimate of drug-likeness (QED) is 0.790. The number of anilines is 1. The zero-order valence-electron chi connectivity index (χ0n) is 10.9. The Hall–Kier alpha value is -1.87. The van der Waals surface area contributed by atoms with Crippen LogP contribution in [0.15, 0.2) is 42.6 Å². The number of hydrogen-bond acceptors (Lipinski definition) is 3. The molecule has 0 radical (unpaired) electrons. The normalized spacial score (nSPS) is 10.3. The summed E-state index contributed by atoms with van der Waals surface area (Å²) < 4.78 is 0. The van der Waals surface area contributed by atoms with Gasteiger partial charge in [0, 0.05) is 19.3 Å². The topological polar surface area (TPSA) is 37.0 Å². The van der Waals surface area contributed by atoms with Crippen LogP contribution in [0.2, 0.25) is 0 Å². The molecule has 0 atom stereocenters. The minimum absolute atomic E-state index is 0.876. The van der Waals surface area contributed by atoms with E-state index in [1.807, 2.05) is 19.3 Å². The first-order valence-corrected chi connectivity index (χ1v) is 6.21. The Bertz CT molecular complexity index is 509. The van der Waals surface area contributed by atoms with E-state index in [0.29, 0.717) is 0 Å². The van der Waals surface area contributed by atoms with Crippen LogP contribution in [0.3, 0.4) is 0 Å². The molecule has 1 aromatic carbocycles. The van der Waals surface area contributed by atoms with Gasteiger partial charge in [-0.2, -0.15) is 0 Å². The summed E-state index contributed by atoms with van der Waals surface area (Å²) in [5.74, 6) is 0.921. The van der Waals surface area contributed by atoms with Crippen LogP contribution in [0.1, 0.15) is 5.56 Å². The SMILES string of the molecule is CNCCNc1cc(-c2cccc(C)c2)ccn1. The lowest BCUT2D eigenvalue weighted by Crippen LogP contribution is -2.18. The number of nitrogens with zero attached hydrogens (tertiary/aromatic N) is 1. The van der Waals surface area contributed by atoms with Gasteiger partial charge in [0.25, 0.3) is 0 Å². The lowest BCUT2D eigenvalue weighted by Gasteiger charge is -2.07. The molecule has 3 nitrogen and oxygen atoms in total. The number of likely N-dealkylation sites (N-methyl/N-ethyl adjacent to an activating group) is 1. The molecule has 0 aliphatic heterocycles. The Kier molecular flexibility index (Phi) is 4.31. The summed E-state index contributed by atoms with van der Waals surface area (Å²) in [6.45, 7) is 3.91. The molecule has 3 heteroatoms. The number of aromatic nitrogens is 1. The summed E-state index contributed by atoms with van der Waals surface area (Å²) >= 11 is 0. The van der Waals surface area contributed by atoms with Crippen LogP contribution in [0.25, 0.3) is 11.1 Å². The highest BCUT2D eigenvalue weighted by Crippen LogP contribution is 2.21. The minimum Gasteiger partial charge on any atom is -0.369 e. The first-order chi connectivity index (χ1) is 8.79. The fraction of sp³-hybridized carbons (Fsp3) is 0.267. The molecule has 2 aromatic rings. The van der Waals surface area contributed by atoms with Crippen molar-refractivity contribution in [3.8, 4) is 11.1 Å². The van der Waals surface area contributed by atoms with Crippen LogP contribution in [0, 0.1) is 6.92 Å². The van der Waals surface area contributed by atoms with Gasteiger partial charge in [0.1, 0.15) is 5.82 Å². The Balaban J connectivity index is 2.16. The molecular weight excluding hydrogens is 222 g/mol. The minimum atomic E-state index is 0.876. The highest BCUT2D eigenvalue weighted by Gasteiger charge is 2.00. The van der Waals surface area contributed by atoms with Crippen molar-refractivity contribution in [2.45, 2.75) is 6.92 Å². The predicted molar refractivity (Wildman–Crippen MR) is 76.8 cm³/mol. The van der Waals surface area contributed by atoms with E-state index in [1.54, 1.807) is 0 Å². The van der Waals surface area contributed by atoms with Crippen molar-refractivity contribution >= 4 is 5.82 Å². The monoisotopic (exact) mass is 241 g/mol. The molecule has 0 bridgehead atoms. The number of rotatable bonds is 5. The van der Waals surface area contributed by atoms with Crippen LogP contribution in [-0.4, -0.2) is 25.1 Å². The third-order valence-corrected chi connectivity index (χ3v) is 2.79. The standard InChI is InChI=1S/C15H19N3/c1-12-4-3-5-13(10-12)14-6-7-17-15(11-14)18-9-8-16-2/h3-7,10-11,16H,8-9H2,1-2H3,(H,17,18). The van der Waals surface area contributed by atoms with Gasteiger partial charge in [0.05, 0.1) is 0 Å². The maximum atomic E-state index is 4.32. The van der Waals surface area contributed by atoms with Crippen molar-refractivity contribution in [2.75, 3.05) is 25.5 Å². The summed E-state index contributed by atoms with van der Waals surface area (Å²) in [5, 5.41) is 6.40. The van der Waals surface area contributed by atoms with Gasteiger partial charge in [0.2, 0.25) is 0 Å². The summed E-state index contributed by atoms with van der Waals surface area (Å²) in [6, 6.07) is 12.6. The van der Waals surface area contributed by atoms with Crippen molar-refractivity contribution in [3.05, 3.63) is 48.2 Å². The molecule has 0 saturated carbocycles. The summed E-state index contributed by atoms with van der Waals surface area (Å²) in [6.07, 6.45) is 1.85. The van der Waals surface area contributed by atoms with Gasteiger partial charge in [0.15, 0.2) is 0 Å². The Labute approximate surface area is 108 Å². The summed E-state index contributed by atoms with van der Waals surface area (Å²) in [4.78, 5) is 4.32. The van der Waals surface area contributed by atoms with Gasteiger partial charge < -0.3 is 10.6 Å². The zero-order valence-corrected chi connectivity index (χ0v) is 10.9. The van der Waals surface area contributed by atoms with Crippen LogP contribution in [0.5, 0.6) is 0 Å². The van der Waals surface area contributed by atoms with Gasteiger partial charge in [-0.05, 0) is 37.2 Å². The highest BCUT2D eigenvalue weighted by molar-refractivity contribution is 5.66. The molecular formula is C15H19N3. The fourth-order valence-corrected chi connectivity index (χ4v) is 1.85. The van der Waals surface area contributed by atoms with Gasteiger partial charge in [-0.15, -0.1) is 0 Å². The molecule has 0 fully saturated rings. The van der Waals surface area contributed by atoms with Crippen LogP contribution in [-0.2, 0) is 0 Å². The van der Waals surface area contributed by atoms with E-state index in [0.717, 1.165) is 18.9 Å². The van der Waals surface area contributed by atoms with E-state index >= 15 is 0 Å². The van der Waals surface area contributed by atoms with E-state index < -0.39 is 0 Å². The predicted octanol–water partition coefficient (Wildman–Crippen LogP) is 2.69. The molecule has 0 aliphatic carbocycles. The van der Waals surface area contributed by atoms with Crippen molar-refractivity contribution in [1.29, 1.82) is 0 Å². The zero-order chi connectivity index (χ0) is 12.8. The van der Waals surface area contributed by atoms with E-state index in [9.17, 15) is 0 Å². The molecule has 2 N–H and O–H groups in total. The van der Waals surface area contributed by atoms with Gasteiger partial charge in [-0.25, -0.2) is 4.98 Å². The van der Waals surface area contributed by atoms with E-state index in [1.165, 1.54) is 16.7 Å². The maximum absolute atomic E-state index is 4.32. The number of hydrogen-bond donors (Lipinski definition) is 2. The molecule has 94 valence electrons. The van der Waals surface area contributed by atoms with E-state index in [-0.39, 0.29) is 0 Å². The largest absolute Gasteiger partial charge is 0.369 e. The molecule has 0 aliphatic rings. The molecule has 0 unspecified atom stereocenters. The van der Waals surface area contributed by atoms with Crippen molar-refractivity contribution in [1.82, 2.24) is 10.3 Å². The average Bonchev–Trinajstić information content (AvgIpc) is 2.39. The maximum Gasteiger partial charge on any atom is 0.126 e. The second kappa shape index (κ2) is 6.17. The van der Waals surface area contributed by atoms with Crippen LogP contribution in [0.4, 0.5) is 5.82 Å². The summed E-state index contributed by atoms with van der Waals surface area (Å²) in [7, 11) is 1.94. The lowest BCUT2D eigenvalue weighted by molar-refractivity contribution is 0.821. The number of aryl methyl sites for hydroxylation is 1. The van der Waals surface area contributed by atoms with Crippen molar-refractivity contribution in [3.63, 3.8) is 0 Å². The van der Waals surface area contributed by atoms with Gasteiger partial charge in [-0.1, -0.05) is 29.8 Å². The summed E-state index contributed by atoms with van der Waals surface area (Å²) in [5.41, 5.74) is 3.70. The Morgan fingerprint density at radius 2 is 1.89 bits per heavy atom. The van der Waals surface area contributed by atoms with Gasteiger partial charge >= 0.3 is 0 Å². The van der Waals surface area contributed by atoms with Crippen molar-refractivity contribution < 1.29 is 0 Å². The molecule has 2 rings (SSSR count). The molecule has 0 amide bonds. The lowest BCUT2D eigenvalue weighted by atomic mass is 10.0. The highest BCUT2D eigenvalue weighted by atomic mass is 15.0. The van der Waals surface area contributed by atoms with Crippen LogP contribution < -0.4 is 10.6 Å². The number of pyridine rings is 1. The Morgan fingerprint density at radius 3 is 2.67 bits per heavy atom. The van der Waals surface area contributed by atoms with Gasteiger partial charge in [-0.3, -0.25) is 0 Å².